The topological polar surface area (TPSA) is 93.2 Å². The summed E-state index contributed by atoms with van der Waals surface area (Å²) < 4.78 is 23.2. The molecule has 144 valence electrons. The molecule has 1 rings (SSSR count). The van der Waals surface area contributed by atoms with Gasteiger partial charge in [-0.25, -0.2) is 18.1 Å². The molecule has 0 radical (unpaired) electrons. The molecule has 1 aliphatic heterocycles. The lowest BCUT2D eigenvalue weighted by molar-refractivity contribution is -0.109. The van der Waals surface area contributed by atoms with Crippen LogP contribution in [0.25, 0.3) is 0 Å². The molecule has 0 aromatic heterocycles. The molecule has 1 saturated heterocycles. The normalized spacial score (nSPS) is 21.6. The molecule has 25 heavy (non-hydrogen) atoms. The minimum atomic E-state index is -1.61. The van der Waals surface area contributed by atoms with Crippen LogP contribution in [0.15, 0.2) is 0 Å². The van der Waals surface area contributed by atoms with Crippen molar-refractivity contribution >= 4 is 40.0 Å². The number of rotatable bonds is 4. The van der Waals surface area contributed by atoms with Gasteiger partial charge in [0.25, 0.3) is 0 Å². The first-order valence-electron chi connectivity index (χ1n) is 7.80. The van der Waals surface area contributed by atoms with Gasteiger partial charge in [-0.3, -0.25) is 4.79 Å². The van der Waals surface area contributed by atoms with Crippen molar-refractivity contribution in [3.05, 3.63) is 0 Å². The predicted molar refractivity (Wildman–Crippen MR) is 96.6 cm³/mol. The lowest BCUT2D eigenvalue weighted by Crippen LogP contribution is -2.47. The van der Waals surface area contributed by atoms with Gasteiger partial charge in [0.15, 0.2) is 5.12 Å². The second kappa shape index (κ2) is 8.88. The summed E-state index contributed by atoms with van der Waals surface area (Å²) in [6, 6.07) is -0.402. The number of hydrogen-bond donors (Lipinski definition) is 0. The summed E-state index contributed by atoms with van der Waals surface area (Å²) >= 11 is 1.15. The van der Waals surface area contributed by atoms with E-state index >= 15 is 0 Å². The van der Waals surface area contributed by atoms with Crippen LogP contribution >= 0.6 is 11.8 Å². The first kappa shape index (κ1) is 21.8. The highest BCUT2D eigenvalue weighted by molar-refractivity contribution is 8.14. The maximum atomic E-state index is 12.3. The van der Waals surface area contributed by atoms with Crippen LogP contribution in [0.4, 0.5) is 9.59 Å². The molecule has 1 aliphatic rings. The van der Waals surface area contributed by atoms with Crippen LogP contribution < -0.4 is 0 Å². The number of thioether (sulfide) groups is 1. The summed E-state index contributed by atoms with van der Waals surface area (Å²) in [5.74, 6) is 0. The first-order chi connectivity index (χ1) is 11.4. The maximum Gasteiger partial charge on any atom is 0.422 e. The highest BCUT2D eigenvalue weighted by atomic mass is 32.2. The number of carbonyl (C=O) groups excluding carboxylic acids is 3. The number of nitrogens with zero attached hydrogens (tertiary/aromatic N) is 2. The zero-order chi connectivity index (χ0) is 19.4. The van der Waals surface area contributed by atoms with Gasteiger partial charge in [0.2, 0.25) is 0 Å². The van der Waals surface area contributed by atoms with E-state index in [1.807, 2.05) is 0 Å². The Hall–Kier alpha value is -1.29. The fourth-order valence-corrected chi connectivity index (χ4v) is 4.15. The fraction of sp³-hybridized carbons (Fsp3) is 0.800. The van der Waals surface area contributed by atoms with Gasteiger partial charge >= 0.3 is 12.2 Å². The van der Waals surface area contributed by atoms with Crippen molar-refractivity contribution in [2.75, 3.05) is 26.5 Å². The van der Waals surface area contributed by atoms with Crippen LogP contribution in [-0.4, -0.2) is 74.1 Å². The van der Waals surface area contributed by atoms with E-state index in [0.717, 1.165) is 16.1 Å². The summed E-state index contributed by atoms with van der Waals surface area (Å²) in [7, 11) is -0.338. The second-order valence-electron chi connectivity index (χ2n) is 6.71. The molecule has 0 aliphatic carbocycles. The molecule has 2 amide bonds. The van der Waals surface area contributed by atoms with E-state index in [1.165, 1.54) is 25.2 Å². The average Bonchev–Trinajstić information content (AvgIpc) is 2.83. The summed E-state index contributed by atoms with van der Waals surface area (Å²) in [4.78, 5) is 37.1. The Bertz CT molecular complexity index is 549. The zero-order valence-electron chi connectivity index (χ0n) is 15.4. The molecular weight excluding hydrogens is 368 g/mol. The molecule has 3 atom stereocenters. The minimum Gasteiger partial charge on any atom is -0.453 e. The van der Waals surface area contributed by atoms with Crippen LogP contribution in [0, 0.1) is 0 Å². The Labute approximate surface area is 155 Å². The van der Waals surface area contributed by atoms with Crippen LogP contribution in [0.5, 0.6) is 0 Å². The van der Waals surface area contributed by atoms with E-state index in [4.69, 9.17) is 9.47 Å². The smallest absolute Gasteiger partial charge is 0.422 e. The number of carbonyl (C=O) groups is 3. The van der Waals surface area contributed by atoms with Crippen molar-refractivity contribution in [3.63, 3.8) is 0 Å². The molecule has 0 spiro atoms. The van der Waals surface area contributed by atoms with Crippen molar-refractivity contribution in [2.45, 2.75) is 51.0 Å². The summed E-state index contributed by atoms with van der Waals surface area (Å²) in [5.41, 5.74) is -0.723. The molecular formula is C15H26N2O6S2. The van der Waals surface area contributed by atoms with Crippen molar-refractivity contribution in [1.82, 2.24) is 9.21 Å². The third kappa shape index (κ3) is 6.85. The van der Waals surface area contributed by atoms with Gasteiger partial charge in [-0.15, -0.1) is 0 Å². The van der Waals surface area contributed by atoms with Gasteiger partial charge in [0.1, 0.15) is 16.6 Å². The highest BCUT2D eigenvalue weighted by Crippen LogP contribution is 2.29. The lowest BCUT2D eigenvalue weighted by Gasteiger charge is -2.30. The van der Waals surface area contributed by atoms with Crippen molar-refractivity contribution < 1.29 is 28.1 Å². The van der Waals surface area contributed by atoms with Gasteiger partial charge in [0, 0.05) is 25.0 Å². The molecule has 1 fully saturated rings. The second-order valence-corrected chi connectivity index (χ2v) is 9.47. The average molecular weight is 395 g/mol. The molecule has 0 bridgehead atoms. The SMILES string of the molecule is COC(=O)N1C[C@@H](SC(C)=O)C[C@H]1CN(C(=O)OC(C)(C)C)S(C)=O. The van der Waals surface area contributed by atoms with Crippen molar-refractivity contribution in [1.29, 1.82) is 0 Å². The maximum absolute atomic E-state index is 12.3. The van der Waals surface area contributed by atoms with E-state index in [9.17, 15) is 18.6 Å². The number of ether oxygens (including phenoxy) is 2. The highest BCUT2D eigenvalue weighted by Gasteiger charge is 2.39. The summed E-state index contributed by atoms with van der Waals surface area (Å²) in [5, 5.41) is -0.133. The fourth-order valence-electron chi connectivity index (χ4n) is 2.50. The quantitative estimate of drug-likeness (QED) is 0.720. The Balaban J connectivity index is 2.92. The van der Waals surface area contributed by atoms with Crippen LogP contribution in [-0.2, 0) is 25.3 Å². The third-order valence-electron chi connectivity index (χ3n) is 3.40. The van der Waals surface area contributed by atoms with Crippen LogP contribution in [0.1, 0.15) is 34.1 Å². The van der Waals surface area contributed by atoms with E-state index in [1.54, 1.807) is 20.8 Å². The van der Waals surface area contributed by atoms with Gasteiger partial charge in [0.05, 0.1) is 19.7 Å². The standard InChI is InChI=1S/C15H26N2O6S2/c1-10(18)24-12-7-11(16(9-12)13(19)22-5)8-17(25(6)21)14(20)23-15(2,3)4/h11-12H,7-9H2,1-6H3/t11-,12-,25?/m0/s1. The first-order valence-corrected chi connectivity index (χ1v) is 10.2. The minimum absolute atomic E-state index is 0.0430. The molecule has 0 aromatic rings. The predicted octanol–water partition coefficient (Wildman–Crippen LogP) is 2.01. The van der Waals surface area contributed by atoms with Gasteiger partial charge < -0.3 is 14.4 Å². The molecule has 0 N–H and O–H groups in total. The van der Waals surface area contributed by atoms with Crippen molar-refractivity contribution in [2.24, 2.45) is 0 Å². The van der Waals surface area contributed by atoms with E-state index < -0.39 is 34.8 Å². The Morgan fingerprint density at radius 1 is 1.32 bits per heavy atom. The molecule has 0 saturated carbocycles. The summed E-state index contributed by atoms with van der Waals surface area (Å²) in [6.45, 7) is 7.00. The van der Waals surface area contributed by atoms with Crippen LogP contribution in [0.2, 0.25) is 0 Å². The Kier molecular flexibility index (Phi) is 7.73. The molecule has 1 heterocycles. The number of methoxy groups -OCH3 is 1. The van der Waals surface area contributed by atoms with E-state index in [2.05, 4.69) is 0 Å². The Morgan fingerprint density at radius 3 is 2.36 bits per heavy atom. The number of likely N-dealkylation sites (tertiary alicyclic amines) is 1. The largest absolute Gasteiger partial charge is 0.453 e. The third-order valence-corrected chi connectivity index (χ3v) is 5.33. The monoisotopic (exact) mass is 394 g/mol. The lowest BCUT2D eigenvalue weighted by atomic mass is 10.2. The van der Waals surface area contributed by atoms with Crippen LogP contribution in [0.3, 0.4) is 0 Å². The van der Waals surface area contributed by atoms with Crippen molar-refractivity contribution in [3.8, 4) is 0 Å². The molecule has 0 aromatic carbocycles. The van der Waals surface area contributed by atoms with Gasteiger partial charge in [-0.2, -0.15) is 0 Å². The number of amides is 2. The molecule has 10 heteroatoms. The zero-order valence-corrected chi connectivity index (χ0v) is 17.1. The van der Waals surface area contributed by atoms with E-state index in [-0.39, 0.29) is 16.9 Å². The van der Waals surface area contributed by atoms with Gasteiger partial charge in [-0.05, 0) is 27.2 Å². The Morgan fingerprint density at radius 2 is 1.92 bits per heavy atom. The number of hydrogen-bond acceptors (Lipinski definition) is 7. The molecule has 1 unspecified atom stereocenters. The molecule has 8 nitrogen and oxygen atoms in total. The van der Waals surface area contributed by atoms with Gasteiger partial charge in [-0.1, -0.05) is 11.8 Å². The van der Waals surface area contributed by atoms with E-state index in [0.29, 0.717) is 13.0 Å². The summed E-state index contributed by atoms with van der Waals surface area (Å²) in [6.07, 6.45) is 0.627.